The summed E-state index contributed by atoms with van der Waals surface area (Å²) in [5.74, 6) is 2.08. The number of rotatable bonds is 6. The summed E-state index contributed by atoms with van der Waals surface area (Å²) in [4.78, 5) is 11.5. The molecule has 0 aliphatic heterocycles. The second-order valence-corrected chi connectivity index (χ2v) is 5.79. The van der Waals surface area contributed by atoms with Gasteiger partial charge in [-0.3, -0.25) is 0 Å². The van der Waals surface area contributed by atoms with E-state index in [0.29, 0.717) is 11.9 Å². The predicted octanol–water partition coefficient (Wildman–Crippen LogP) is 3.54. The van der Waals surface area contributed by atoms with Crippen LogP contribution in [-0.4, -0.2) is 22.6 Å². The molecular formula is C14H22ClN3. The van der Waals surface area contributed by atoms with E-state index in [2.05, 4.69) is 28.7 Å². The van der Waals surface area contributed by atoms with Crippen LogP contribution in [0.4, 0.5) is 5.95 Å². The summed E-state index contributed by atoms with van der Waals surface area (Å²) < 4.78 is 0. The maximum Gasteiger partial charge on any atom is 0.225 e. The molecule has 4 heteroatoms. The van der Waals surface area contributed by atoms with Gasteiger partial charge in [0.2, 0.25) is 5.95 Å². The number of aryl methyl sites for hydroxylation is 1. The highest BCUT2D eigenvalue weighted by molar-refractivity contribution is 6.17. The normalized spacial score (nSPS) is 15.2. The number of aromatic nitrogens is 2. The van der Waals surface area contributed by atoms with Crippen molar-refractivity contribution in [2.24, 2.45) is 5.92 Å². The van der Waals surface area contributed by atoms with Crippen LogP contribution in [0.25, 0.3) is 0 Å². The average molecular weight is 268 g/mol. The molecular weight excluding hydrogens is 246 g/mol. The molecule has 0 aromatic carbocycles. The third-order valence-electron chi connectivity index (χ3n) is 3.40. The fourth-order valence-corrected chi connectivity index (χ4v) is 2.24. The Balaban J connectivity index is 2.12. The standard InChI is InChI=1S/C14H22ClN3/c1-10(2)6-7-18(13-4-5-13)14-16-9-12(8-15)11(3)17-14/h9-10,13H,4-8H2,1-3H3. The fourth-order valence-electron chi connectivity index (χ4n) is 1.98. The fraction of sp³-hybridized carbons (Fsp3) is 0.714. The maximum absolute atomic E-state index is 5.85. The van der Waals surface area contributed by atoms with Gasteiger partial charge < -0.3 is 4.90 Å². The zero-order valence-electron chi connectivity index (χ0n) is 11.5. The molecule has 0 radical (unpaired) electrons. The van der Waals surface area contributed by atoms with Gasteiger partial charge in [-0.05, 0) is 32.1 Å². The van der Waals surface area contributed by atoms with Gasteiger partial charge in [-0.25, -0.2) is 9.97 Å². The van der Waals surface area contributed by atoms with Gasteiger partial charge in [-0.15, -0.1) is 11.6 Å². The van der Waals surface area contributed by atoms with Gasteiger partial charge in [0.25, 0.3) is 0 Å². The third kappa shape index (κ3) is 3.35. The van der Waals surface area contributed by atoms with E-state index in [1.54, 1.807) is 0 Å². The van der Waals surface area contributed by atoms with Crippen LogP contribution in [0.15, 0.2) is 6.20 Å². The van der Waals surface area contributed by atoms with E-state index >= 15 is 0 Å². The molecule has 0 amide bonds. The minimum atomic E-state index is 0.488. The summed E-state index contributed by atoms with van der Waals surface area (Å²) in [6.07, 6.45) is 5.61. The van der Waals surface area contributed by atoms with E-state index in [4.69, 9.17) is 11.6 Å². The van der Waals surface area contributed by atoms with Gasteiger partial charge in [0.1, 0.15) is 0 Å². The lowest BCUT2D eigenvalue weighted by molar-refractivity contribution is 0.565. The molecule has 1 aromatic rings. The van der Waals surface area contributed by atoms with Crippen LogP contribution in [-0.2, 0) is 5.88 Å². The zero-order chi connectivity index (χ0) is 13.1. The van der Waals surface area contributed by atoms with E-state index in [0.717, 1.165) is 29.7 Å². The van der Waals surface area contributed by atoms with Gasteiger partial charge in [-0.2, -0.15) is 0 Å². The molecule has 0 unspecified atom stereocenters. The van der Waals surface area contributed by atoms with Gasteiger partial charge in [-0.1, -0.05) is 13.8 Å². The second kappa shape index (κ2) is 5.87. The van der Waals surface area contributed by atoms with Crippen molar-refractivity contribution in [3.8, 4) is 0 Å². The molecule has 0 bridgehead atoms. The van der Waals surface area contributed by atoms with Crippen molar-refractivity contribution in [2.45, 2.75) is 52.0 Å². The quantitative estimate of drug-likeness (QED) is 0.739. The van der Waals surface area contributed by atoms with Crippen LogP contribution in [0.5, 0.6) is 0 Å². The van der Waals surface area contributed by atoms with Crippen LogP contribution in [0.1, 0.15) is 44.4 Å². The molecule has 0 spiro atoms. The highest BCUT2D eigenvalue weighted by Crippen LogP contribution is 2.30. The summed E-state index contributed by atoms with van der Waals surface area (Å²) in [5, 5.41) is 0. The molecule has 0 N–H and O–H groups in total. The number of nitrogens with zero attached hydrogens (tertiary/aromatic N) is 3. The summed E-state index contributed by atoms with van der Waals surface area (Å²) in [7, 11) is 0. The van der Waals surface area contributed by atoms with Crippen molar-refractivity contribution >= 4 is 17.5 Å². The average Bonchev–Trinajstić information content (AvgIpc) is 3.13. The van der Waals surface area contributed by atoms with E-state index in [1.807, 2.05) is 13.1 Å². The second-order valence-electron chi connectivity index (χ2n) is 5.52. The van der Waals surface area contributed by atoms with Crippen molar-refractivity contribution in [1.82, 2.24) is 9.97 Å². The smallest absolute Gasteiger partial charge is 0.225 e. The number of hydrogen-bond acceptors (Lipinski definition) is 3. The molecule has 18 heavy (non-hydrogen) atoms. The summed E-state index contributed by atoms with van der Waals surface area (Å²) >= 11 is 5.85. The Morgan fingerprint density at radius 3 is 2.67 bits per heavy atom. The lowest BCUT2D eigenvalue weighted by Crippen LogP contribution is -2.29. The first kappa shape index (κ1) is 13.6. The minimum absolute atomic E-state index is 0.488. The molecule has 2 rings (SSSR count). The van der Waals surface area contributed by atoms with E-state index in [9.17, 15) is 0 Å². The van der Waals surface area contributed by atoms with Gasteiger partial charge >= 0.3 is 0 Å². The molecule has 1 aliphatic carbocycles. The Bertz CT molecular complexity index is 402. The molecule has 1 aromatic heterocycles. The molecule has 100 valence electrons. The van der Waals surface area contributed by atoms with E-state index in [-0.39, 0.29) is 0 Å². The summed E-state index contributed by atoms with van der Waals surface area (Å²) in [6.45, 7) is 7.58. The first-order chi connectivity index (χ1) is 8.61. The van der Waals surface area contributed by atoms with Crippen molar-refractivity contribution in [1.29, 1.82) is 0 Å². The Labute approximate surface area is 115 Å². The third-order valence-corrected chi connectivity index (χ3v) is 3.69. The predicted molar refractivity (Wildman–Crippen MR) is 76.1 cm³/mol. The summed E-state index contributed by atoms with van der Waals surface area (Å²) in [6, 6.07) is 0.657. The number of alkyl halides is 1. The lowest BCUT2D eigenvalue weighted by atomic mass is 10.1. The molecule has 1 saturated carbocycles. The van der Waals surface area contributed by atoms with Crippen LogP contribution in [0.2, 0.25) is 0 Å². The Morgan fingerprint density at radius 1 is 1.44 bits per heavy atom. The van der Waals surface area contributed by atoms with Crippen LogP contribution in [0.3, 0.4) is 0 Å². The van der Waals surface area contributed by atoms with Crippen molar-refractivity contribution in [3.05, 3.63) is 17.5 Å². The molecule has 0 saturated heterocycles. The zero-order valence-corrected chi connectivity index (χ0v) is 12.2. The number of halogens is 1. The Morgan fingerprint density at radius 2 is 2.17 bits per heavy atom. The Hall–Kier alpha value is -0.830. The highest BCUT2D eigenvalue weighted by atomic mass is 35.5. The summed E-state index contributed by atoms with van der Waals surface area (Å²) in [5.41, 5.74) is 2.03. The lowest BCUT2D eigenvalue weighted by Gasteiger charge is -2.23. The van der Waals surface area contributed by atoms with Crippen LogP contribution in [0, 0.1) is 12.8 Å². The van der Waals surface area contributed by atoms with Crippen molar-refractivity contribution in [2.75, 3.05) is 11.4 Å². The molecule has 3 nitrogen and oxygen atoms in total. The van der Waals surface area contributed by atoms with Gasteiger partial charge in [0.15, 0.2) is 0 Å². The van der Waals surface area contributed by atoms with Crippen molar-refractivity contribution in [3.63, 3.8) is 0 Å². The topological polar surface area (TPSA) is 29.0 Å². The van der Waals surface area contributed by atoms with Gasteiger partial charge in [0.05, 0.1) is 5.88 Å². The van der Waals surface area contributed by atoms with Crippen LogP contribution < -0.4 is 4.90 Å². The SMILES string of the molecule is Cc1nc(N(CCC(C)C)C2CC2)ncc1CCl. The van der Waals surface area contributed by atoms with E-state index in [1.165, 1.54) is 19.3 Å². The number of hydrogen-bond donors (Lipinski definition) is 0. The first-order valence-electron chi connectivity index (χ1n) is 6.77. The molecule has 1 fully saturated rings. The highest BCUT2D eigenvalue weighted by Gasteiger charge is 2.30. The minimum Gasteiger partial charge on any atom is -0.338 e. The van der Waals surface area contributed by atoms with Crippen LogP contribution >= 0.6 is 11.6 Å². The van der Waals surface area contributed by atoms with E-state index < -0.39 is 0 Å². The number of anilines is 1. The molecule has 1 aliphatic rings. The molecule has 0 atom stereocenters. The maximum atomic E-state index is 5.85. The largest absolute Gasteiger partial charge is 0.338 e. The first-order valence-corrected chi connectivity index (χ1v) is 7.30. The monoisotopic (exact) mass is 267 g/mol. The van der Waals surface area contributed by atoms with Gasteiger partial charge in [0, 0.05) is 30.0 Å². The Kier molecular flexibility index (Phi) is 4.44. The molecule has 1 heterocycles. The van der Waals surface area contributed by atoms with Crippen molar-refractivity contribution < 1.29 is 0 Å².